The smallest absolute Gasteiger partial charge is 0.322 e. The lowest BCUT2D eigenvalue weighted by atomic mass is 9.87. The summed E-state index contributed by atoms with van der Waals surface area (Å²) in [4.78, 5) is 17.6. The lowest BCUT2D eigenvalue weighted by molar-refractivity contribution is 0.0680. The molecule has 2 N–H and O–H groups in total. The standard InChI is InChI=1S/C17H18FN3O2/c18-17(12-22)11-21(10-15(17)13-5-2-1-3-6-13)16(23)20-14-7-4-8-19-9-14/h1-9,15,22H,10-12H2,(H,20,23)/t15-,17-/m1/s1. The third kappa shape index (κ3) is 3.17. The molecule has 0 bridgehead atoms. The van der Waals surface area contributed by atoms with E-state index in [1.807, 2.05) is 30.3 Å². The first-order valence-electron chi connectivity index (χ1n) is 7.43. The molecule has 1 aromatic heterocycles. The van der Waals surface area contributed by atoms with Gasteiger partial charge in [0.2, 0.25) is 0 Å². The fourth-order valence-electron chi connectivity index (χ4n) is 2.92. The van der Waals surface area contributed by atoms with Crippen molar-refractivity contribution >= 4 is 11.7 Å². The summed E-state index contributed by atoms with van der Waals surface area (Å²) in [5, 5.41) is 12.2. The van der Waals surface area contributed by atoms with Crippen LogP contribution in [0.5, 0.6) is 0 Å². The van der Waals surface area contributed by atoms with Crippen LogP contribution in [0.2, 0.25) is 0 Å². The van der Waals surface area contributed by atoms with Crippen LogP contribution in [-0.2, 0) is 0 Å². The van der Waals surface area contributed by atoms with Gasteiger partial charge in [-0.05, 0) is 17.7 Å². The summed E-state index contributed by atoms with van der Waals surface area (Å²) < 4.78 is 15.1. The highest BCUT2D eigenvalue weighted by Crippen LogP contribution is 2.39. The van der Waals surface area contributed by atoms with Crippen LogP contribution in [0.15, 0.2) is 54.9 Å². The lowest BCUT2D eigenvalue weighted by Crippen LogP contribution is -2.38. The van der Waals surface area contributed by atoms with Crippen LogP contribution in [0.25, 0.3) is 0 Å². The fraction of sp³-hybridized carbons (Fsp3) is 0.294. The molecule has 0 aliphatic carbocycles. The number of alkyl halides is 1. The lowest BCUT2D eigenvalue weighted by Gasteiger charge is -2.23. The Hall–Kier alpha value is -2.47. The molecule has 23 heavy (non-hydrogen) atoms. The Morgan fingerprint density at radius 2 is 2.13 bits per heavy atom. The van der Waals surface area contributed by atoms with Gasteiger partial charge in [-0.25, -0.2) is 9.18 Å². The highest BCUT2D eigenvalue weighted by atomic mass is 19.1. The summed E-state index contributed by atoms with van der Waals surface area (Å²) >= 11 is 0. The molecule has 1 aromatic carbocycles. The van der Waals surface area contributed by atoms with E-state index >= 15 is 4.39 Å². The monoisotopic (exact) mass is 315 g/mol. The molecule has 3 rings (SSSR count). The number of amides is 2. The van der Waals surface area contributed by atoms with Crippen molar-refractivity contribution in [2.45, 2.75) is 11.6 Å². The average molecular weight is 315 g/mol. The van der Waals surface area contributed by atoms with E-state index in [0.717, 1.165) is 5.56 Å². The molecule has 1 saturated heterocycles. The number of benzene rings is 1. The van der Waals surface area contributed by atoms with Crippen molar-refractivity contribution in [1.29, 1.82) is 0 Å². The van der Waals surface area contributed by atoms with Crippen LogP contribution < -0.4 is 5.32 Å². The van der Waals surface area contributed by atoms with Gasteiger partial charge in [0, 0.05) is 18.7 Å². The maximum atomic E-state index is 15.1. The van der Waals surface area contributed by atoms with Crippen molar-refractivity contribution in [1.82, 2.24) is 9.88 Å². The first-order chi connectivity index (χ1) is 11.1. The minimum atomic E-state index is -1.84. The van der Waals surface area contributed by atoms with Crippen LogP contribution in [0.4, 0.5) is 14.9 Å². The molecule has 2 atom stereocenters. The van der Waals surface area contributed by atoms with Crippen LogP contribution in [-0.4, -0.2) is 46.4 Å². The molecule has 2 aromatic rings. The molecule has 1 fully saturated rings. The second-order valence-electron chi connectivity index (χ2n) is 5.71. The van der Waals surface area contributed by atoms with Gasteiger partial charge in [-0.3, -0.25) is 4.98 Å². The van der Waals surface area contributed by atoms with Gasteiger partial charge >= 0.3 is 6.03 Å². The minimum Gasteiger partial charge on any atom is -0.393 e. The van der Waals surface area contributed by atoms with Gasteiger partial charge < -0.3 is 15.3 Å². The highest BCUT2D eigenvalue weighted by molar-refractivity contribution is 5.89. The topological polar surface area (TPSA) is 65.5 Å². The first-order valence-corrected chi connectivity index (χ1v) is 7.43. The number of rotatable bonds is 3. The van der Waals surface area contributed by atoms with E-state index < -0.39 is 24.2 Å². The van der Waals surface area contributed by atoms with Crippen LogP contribution >= 0.6 is 0 Å². The van der Waals surface area contributed by atoms with E-state index in [2.05, 4.69) is 10.3 Å². The SMILES string of the molecule is O=C(Nc1cccnc1)N1C[C@H](c2ccccc2)[C@](F)(CO)C1. The van der Waals surface area contributed by atoms with Crippen molar-refractivity contribution < 1.29 is 14.3 Å². The number of carbonyl (C=O) groups is 1. The summed E-state index contributed by atoms with van der Waals surface area (Å²) in [7, 11) is 0. The largest absolute Gasteiger partial charge is 0.393 e. The van der Waals surface area contributed by atoms with Crippen molar-refractivity contribution in [3.63, 3.8) is 0 Å². The fourth-order valence-corrected chi connectivity index (χ4v) is 2.92. The van der Waals surface area contributed by atoms with Crippen molar-refractivity contribution in [2.75, 3.05) is 25.0 Å². The second-order valence-corrected chi connectivity index (χ2v) is 5.71. The van der Waals surface area contributed by atoms with E-state index in [1.165, 1.54) is 11.1 Å². The van der Waals surface area contributed by atoms with E-state index in [-0.39, 0.29) is 13.1 Å². The molecule has 6 heteroatoms. The second kappa shape index (κ2) is 6.34. The van der Waals surface area contributed by atoms with Crippen LogP contribution in [0.3, 0.4) is 0 Å². The van der Waals surface area contributed by atoms with E-state index in [1.54, 1.807) is 18.3 Å². The third-order valence-electron chi connectivity index (χ3n) is 4.15. The van der Waals surface area contributed by atoms with E-state index in [9.17, 15) is 9.90 Å². The maximum Gasteiger partial charge on any atom is 0.322 e. The zero-order chi connectivity index (χ0) is 16.3. The molecule has 0 spiro atoms. The van der Waals surface area contributed by atoms with E-state index in [0.29, 0.717) is 5.69 Å². The number of halogens is 1. The Kier molecular flexibility index (Phi) is 4.25. The van der Waals surface area contributed by atoms with Gasteiger partial charge in [-0.15, -0.1) is 0 Å². The number of aromatic nitrogens is 1. The molecule has 2 amide bonds. The Bertz CT molecular complexity index is 668. The summed E-state index contributed by atoms with van der Waals surface area (Å²) in [6.07, 6.45) is 3.13. The van der Waals surface area contributed by atoms with E-state index in [4.69, 9.17) is 0 Å². The Labute approximate surface area is 133 Å². The molecule has 2 heterocycles. The number of nitrogens with one attached hydrogen (secondary N) is 1. The zero-order valence-electron chi connectivity index (χ0n) is 12.5. The predicted molar refractivity (Wildman–Crippen MR) is 84.9 cm³/mol. The average Bonchev–Trinajstić information content (AvgIpc) is 2.95. The van der Waals surface area contributed by atoms with Gasteiger partial charge in [0.15, 0.2) is 5.67 Å². The van der Waals surface area contributed by atoms with Gasteiger partial charge in [-0.2, -0.15) is 0 Å². The first kappa shape index (κ1) is 15.4. The molecule has 1 aliphatic heterocycles. The van der Waals surface area contributed by atoms with Gasteiger partial charge in [-0.1, -0.05) is 30.3 Å². The quantitative estimate of drug-likeness (QED) is 0.914. The van der Waals surface area contributed by atoms with Gasteiger partial charge in [0.05, 0.1) is 25.0 Å². The molecule has 5 nitrogen and oxygen atoms in total. The van der Waals surface area contributed by atoms with Crippen molar-refractivity contribution in [3.05, 3.63) is 60.4 Å². The number of nitrogens with zero attached hydrogens (tertiary/aromatic N) is 2. The number of aliphatic hydroxyl groups excluding tert-OH is 1. The predicted octanol–water partition coefficient (Wildman–Crippen LogP) is 2.41. The van der Waals surface area contributed by atoms with Crippen molar-refractivity contribution in [2.24, 2.45) is 0 Å². The summed E-state index contributed by atoms with van der Waals surface area (Å²) in [6.45, 7) is -0.550. The highest BCUT2D eigenvalue weighted by Gasteiger charge is 2.49. The number of carbonyl (C=O) groups excluding carboxylic acids is 1. The molecule has 0 radical (unpaired) electrons. The number of anilines is 1. The number of aliphatic hydroxyl groups is 1. The van der Waals surface area contributed by atoms with Crippen molar-refractivity contribution in [3.8, 4) is 0 Å². The molecular weight excluding hydrogens is 297 g/mol. The zero-order valence-corrected chi connectivity index (χ0v) is 12.5. The Morgan fingerprint density at radius 3 is 2.78 bits per heavy atom. The van der Waals surface area contributed by atoms with Gasteiger partial charge in [0.1, 0.15) is 0 Å². The van der Waals surface area contributed by atoms with Crippen LogP contribution in [0.1, 0.15) is 11.5 Å². The number of urea groups is 1. The molecule has 1 aliphatic rings. The summed E-state index contributed by atoms with van der Waals surface area (Å²) in [6, 6.07) is 12.2. The number of pyridine rings is 1. The summed E-state index contributed by atoms with van der Waals surface area (Å²) in [5.41, 5.74) is -0.511. The number of hydrogen-bond acceptors (Lipinski definition) is 3. The Morgan fingerprint density at radius 1 is 1.35 bits per heavy atom. The molecule has 0 saturated carbocycles. The van der Waals surface area contributed by atoms with Crippen LogP contribution in [0, 0.1) is 0 Å². The molecular formula is C17H18FN3O2. The summed E-state index contributed by atoms with van der Waals surface area (Å²) in [5.74, 6) is -0.548. The van der Waals surface area contributed by atoms with Gasteiger partial charge in [0.25, 0.3) is 0 Å². The number of hydrogen-bond donors (Lipinski definition) is 2. The number of likely N-dealkylation sites (tertiary alicyclic amines) is 1. The normalized spacial score (nSPS) is 23.7. The Balaban J connectivity index is 1.77. The minimum absolute atomic E-state index is 0.144. The molecule has 120 valence electrons. The molecule has 0 unspecified atom stereocenters. The maximum absolute atomic E-state index is 15.1. The third-order valence-corrected chi connectivity index (χ3v) is 4.15.